The van der Waals surface area contributed by atoms with Crippen LogP contribution < -0.4 is 4.74 Å². The number of carbonyl (C=O) groups excluding carboxylic acids is 1. The van der Waals surface area contributed by atoms with Gasteiger partial charge in [0, 0.05) is 7.11 Å². The predicted octanol–water partition coefficient (Wildman–Crippen LogP) is 4.31. The highest BCUT2D eigenvalue weighted by atomic mass is 16.5. The van der Waals surface area contributed by atoms with Crippen molar-refractivity contribution in [1.82, 2.24) is 0 Å². The van der Waals surface area contributed by atoms with Gasteiger partial charge >= 0.3 is 0 Å². The average molecular weight is 278 g/mol. The quantitative estimate of drug-likeness (QED) is 0.447. The minimum absolute atomic E-state index is 0.484. The van der Waals surface area contributed by atoms with E-state index in [4.69, 9.17) is 9.47 Å². The molecule has 0 aliphatic rings. The van der Waals surface area contributed by atoms with E-state index in [0.717, 1.165) is 30.6 Å². The summed E-state index contributed by atoms with van der Waals surface area (Å²) >= 11 is 0. The van der Waals surface area contributed by atoms with Crippen molar-refractivity contribution in [3.05, 3.63) is 29.8 Å². The summed E-state index contributed by atoms with van der Waals surface area (Å²) in [4.78, 5) is 10.8. The van der Waals surface area contributed by atoms with Crippen LogP contribution in [0.3, 0.4) is 0 Å². The van der Waals surface area contributed by atoms with Gasteiger partial charge in [0.1, 0.15) is 11.9 Å². The van der Waals surface area contributed by atoms with Crippen molar-refractivity contribution in [2.24, 2.45) is 0 Å². The molecular formula is C17H26O3. The van der Waals surface area contributed by atoms with E-state index in [1.54, 1.807) is 0 Å². The first-order valence-electron chi connectivity index (χ1n) is 7.52. The Hall–Kier alpha value is -1.35. The number of carbonyl (C=O) groups is 1. The van der Waals surface area contributed by atoms with Gasteiger partial charge in [0.25, 0.3) is 0 Å². The average Bonchev–Trinajstić information content (AvgIpc) is 2.49. The van der Waals surface area contributed by atoms with E-state index >= 15 is 0 Å². The van der Waals surface area contributed by atoms with Gasteiger partial charge in [-0.1, -0.05) is 51.2 Å². The highest BCUT2D eigenvalue weighted by molar-refractivity contribution is 5.60. The van der Waals surface area contributed by atoms with Crippen LogP contribution in [0, 0.1) is 0 Å². The third kappa shape index (κ3) is 6.20. The Morgan fingerprint density at radius 2 is 1.70 bits per heavy atom. The fourth-order valence-electron chi connectivity index (χ4n) is 2.10. The van der Waals surface area contributed by atoms with Crippen molar-refractivity contribution in [3.63, 3.8) is 0 Å². The van der Waals surface area contributed by atoms with Gasteiger partial charge in [0.15, 0.2) is 6.29 Å². The molecule has 0 aromatic heterocycles. The fraction of sp³-hybridized carbons (Fsp3) is 0.588. The van der Waals surface area contributed by atoms with Crippen molar-refractivity contribution in [1.29, 1.82) is 0 Å². The third-order valence-electron chi connectivity index (χ3n) is 3.35. The summed E-state index contributed by atoms with van der Waals surface area (Å²) in [5, 5.41) is 0. The zero-order valence-electron chi connectivity index (χ0n) is 12.6. The monoisotopic (exact) mass is 278 g/mol. The molecule has 0 aliphatic carbocycles. The Morgan fingerprint density at radius 3 is 2.30 bits per heavy atom. The molecule has 3 heteroatoms. The van der Waals surface area contributed by atoms with Gasteiger partial charge in [0.05, 0.1) is 6.61 Å². The lowest BCUT2D eigenvalue weighted by Crippen LogP contribution is -2.02. The van der Waals surface area contributed by atoms with Crippen LogP contribution in [0.4, 0.5) is 0 Å². The Morgan fingerprint density at radius 1 is 1.05 bits per heavy atom. The largest absolute Gasteiger partial charge is 0.494 e. The summed E-state index contributed by atoms with van der Waals surface area (Å²) < 4.78 is 10.7. The zero-order valence-corrected chi connectivity index (χ0v) is 12.6. The number of hydrogen-bond acceptors (Lipinski definition) is 3. The van der Waals surface area contributed by atoms with Crippen molar-refractivity contribution in [3.8, 4) is 5.75 Å². The smallest absolute Gasteiger partial charge is 0.153 e. The van der Waals surface area contributed by atoms with Gasteiger partial charge in [-0.25, -0.2) is 0 Å². The topological polar surface area (TPSA) is 35.5 Å². The van der Waals surface area contributed by atoms with Crippen LogP contribution in [-0.4, -0.2) is 20.0 Å². The molecule has 1 aromatic carbocycles. The van der Waals surface area contributed by atoms with Gasteiger partial charge in [0.2, 0.25) is 0 Å². The standard InChI is InChI=1S/C17H26O3/c1-3-4-5-6-7-8-13-20-16-11-9-15(10-12-16)17(14-18)19-2/h9-12,14,17H,3-8,13H2,1-2H3. The molecule has 0 N–H and O–H groups in total. The molecule has 1 rings (SSSR count). The van der Waals surface area contributed by atoms with Crippen LogP contribution in [0.5, 0.6) is 5.75 Å². The molecule has 1 unspecified atom stereocenters. The molecule has 0 radical (unpaired) electrons. The summed E-state index contributed by atoms with van der Waals surface area (Å²) in [6.45, 7) is 2.98. The van der Waals surface area contributed by atoms with E-state index < -0.39 is 6.10 Å². The van der Waals surface area contributed by atoms with E-state index in [9.17, 15) is 4.79 Å². The van der Waals surface area contributed by atoms with Gasteiger partial charge in [-0.2, -0.15) is 0 Å². The van der Waals surface area contributed by atoms with Crippen LogP contribution in [0.2, 0.25) is 0 Å². The number of ether oxygens (including phenoxy) is 2. The number of aldehydes is 1. The molecule has 0 amide bonds. The second kappa shape index (κ2) is 10.4. The summed E-state index contributed by atoms with van der Waals surface area (Å²) in [5.74, 6) is 0.850. The van der Waals surface area contributed by atoms with E-state index in [0.29, 0.717) is 0 Å². The Balaban J connectivity index is 2.23. The van der Waals surface area contributed by atoms with Crippen LogP contribution in [0.25, 0.3) is 0 Å². The molecule has 1 atom stereocenters. The molecule has 0 aliphatic heterocycles. The molecule has 0 saturated carbocycles. The molecule has 0 spiro atoms. The molecule has 0 fully saturated rings. The normalized spacial score (nSPS) is 12.1. The maximum absolute atomic E-state index is 10.8. The van der Waals surface area contributed by atoms with Gasteiger partial charge in [-0.3, -0.25) is 0 Å². The number of methoxy groups -OCH3 is 1. The van der Waals surface area contributed by atoms with E-state index in [-0.39, 0.29) is 0 Å². The van der Waals surface area contributed by atoms with Crippen molar-refractivity contribution >= 4 is 6.29 Å². The van der Waals surface area contributed by atoms with Gasteiger partial charge in [-0.05, 0) is 24.1 Å². The highest BCUT2D eigenvalue weighted by Crippen LogP contribution is 2.19. The molecular weight excluding hydrogens is 252 g/mol. The highest BCUT2D eigenvalue weighted by Gasteiger charge is 2.08. The number of hydrogen-bond donors (Lipinski definition) is 0. The first-order valence-corrected chi connectivity index (χ1v) is 7.52. The summed E-state index contributed by atoms with van der Waals surface area (Å²) in [6.07, 6.45) is 7.89. The van der Waals surface area contributed by atoms with Crippen LogP contribution in [0.1, 0.15) is 57.1 Å². The number of benzene rings is 1. The van der Waals surface area contributed by atoms with Crippen LogP contribution in [0.15, 0.2) is 24.3 Å². The van der Waals surface area contributed by atoms with E-state index in [1.807, 2.05) is 24.3 Å². The molecule has 0 heterocycles. The lowest BCUT2D eigenvalue weighted by molar-refractivity contribution is -0.116. The second-order valence-electron chi connectivity index (χ2n) is 4.98. The second-order valence-corrected chi connectivity index (χ2v) is 4.98. The predicted molar refractivity (Wildman–Crippen MR) is 81.1 cm³/mol. The molecule has 0 bridgehead atoms. The van der Waals surface area contributed by atoms with Crippen LogP contribution in [-0.2, 0) is 9.53 Å². The van der Waals surface area contributed by atoms with Gasteiger partial charge < -0.3 is 14.3 Å². The first-order chi connectivity index (χ1) is 9.81. The van der Waals surface area contributed by atoms with Crippen molar-refractivity contribution in [2.75, 3.05) is 13.7 Å². The van der Waals surface area contributed by atoms with Crippen molar-refractivity contribution < 1.29 is 14.3 Å². The fourth-order valence-corrected chi connectivity index (χ4v) is 2.10. The van der Waals surface area contributed by atoms with E-state index in [1.165, 1.54) is 39.2 Å². The lowest BCUT2D eigenvalue weighted by Gasteiger charge is -2.10. The maximum atomic E-state index is 10.8. The molecule has 20 heavy (non-hydrogen) atoms. The first kappa shape index (κ1) is 16.7. The van der Waals surface area contributed by atoms with Crippen LogP contribution >= 0.6 is 0 Å². The summed E-state index contributed by atoms with van der Waals surface area (Å²) in [7, 11) is 1.53. The minimum atomic E-state index is -0.484. The van der Waals surface area contributed by atoms with E-state index in [2.05, 4.69) is 6.92 Å². The minimum Gasteiger partial charge on any atom is -0.494 e. The summed E-state index contributed by atoms with van der Waals surface area (Å²) in [6, 6.07) is 7.53. The molecule has 0 saturated heterocycles. The molecule has 1 aromatic rings. The number of unbranched alkanes of at least 4 members (excludes halogenated alkanes) is 5. The Bertz CT molecular complexity index is 359. The third-order valence-corrected chi connectivity index (χ3v) is 3.35. The maximum Gasteiger partial charge on any atom is 0.153 e. The molecule has 3 nitrogen and oxygen atoms in total. The van der Waals surface area contributed by atoms with Crippen molar-refractivity contribution in [2.45, 2.75) is 51.6 Å². The summed E-state index contributed by atoms with van der Waals surface area (Å²) in [5.41, 5.74) is 0.856. The molecule has 112 valence electrons. The van der Waals surface area contributed by atoms with Gasteiger partial charge in [-0.15, -0.1) is 0 Å². The number of rotatable bonds is 11. The lowest BCUT2D eigenvalue weighted by atomic mass is 10.1. The Labute approximate surface area is 122 Å². The zero-order chi connectivity index (χ0) is 14.6. The Kier molecular flexibility index (Phi) is 8.72. The SMILES string of the molecule is CCCCCCCCOc1ccc(C(C=O)OC)cc1.